The van der Waals surface area contributed by atoms with Crippen molar-refractivity contribution in [3.05, 3.63) is 59.4 Å². The van der Waals surface area contributed by atoms with Gasteiger partial charge < -0.3 is 10.5 Å². The van der Waals surface area contributed by atoms with E-state index in [0.29, 0.717) is 28.7 Å². The molecule has 0 aliphatic carbocycles. The summed E-state index contributed by atoms with van der Waals surface area (Å²) in [6.07, 6.45) is 3.40. The fourth-order valence-corrected chi connectivity index (χ4v) is 2.11. The van der Waals surface area contributed by atoms with Gasteiger partial charge in [-0.3, -0.25) is 4.98 Å². The highest BCUT2D eigenvalue weighted by Crippen LogP contribution is 2.31. The van der Waals surface area contributed by atoms with Gasteiger partial charge in [-0.05, 0) is 29.8 Å². The predicted octanol–water partition coefficient (Wildman–Crippen LogP) is 3.53. The molecule has 0 amide bonds. The van der Waals surface area contributed by atoms with Crippen LogP contribution < -0.4 is 10.5 Å². The summed E-state index contributed by atoms with van der Waals surface area (Å²) in [5, 5.41) is 1.50. The lowest BCUT2D eigenvalue weighted by Crippen LogP contribution is -1.97. The molecule has 0 bridgehead atoms. The van der Waals surface area contributed by atoms with Crippen molar-refractivity contribution in [3.8, 4) is 11.6 Å². The zero-order chi connectivity index (χ0) is 13.9. The first-order valence-electron chi connectivity index (χ1n) is 6.14. The van der Waals surface area contributed by atoms with Crippen molar-refractivity contribution in [1.82, 2.24) is 9.97 Å². The maximum Gasteiger partial charge on any atom is 0.219 e. The summed E-state index contributed by atoms with van der Waals surface area (Å²) in [4.78, 5) is 8.53. The van der Waals surface area contributed by atoms with Gasteiger partial charge in [0.15, 0.2) is 5.75 Å². The summed E-state index contributed by atoms with van der Waals surface area (Å²) in [6, 6.07) is 11.0. The Bertz CT molecular complexity index is 744. The Labute approximate surface area is 121 Å². The third-order valence-electron chi connectivity index (χ3n) is 2.93. The Morgan fingerprint density at radius 2 is 2.00 bits per heavy atom. The maximum absolute atomic E-state index is 6.15. The Hall–Kier alpha value is -2.17. The van der Waals surface area contributed by atoms with E-state index in [2.05, 4.69) is 9.97 Å². The number of hydrogen-bond donors (Lipinski definition) is 1. The molecule has 2 N–H and O–H groups in total. The van der Waals surface area contributed by atoms with Crippen molar-refractivity contribution < 1.29 is 4.74 Å². The normalized spacial score (nSPS) is 10.7. The predicted molar refractivity (Wildman–Crippen MR) is 79.0 cm³/mol. The van der Waals surface area contributed by atoms with Gasteiger partial charge >= 0.3 is 0 Å². The lowest BCUT2D eigenvalue weighted by atomic mass is 10.2. The monoisotopic (exact) mass is 285 g/mol. The highest BCUT2D eigenvalue weighted by Gasteiger charge is 2.08. The molecule has 0 aliphatic rings. The first-order chi connectivity index (χ1) is 9.78. The molecule has 0 saturated carbocycles. The molecule has 0 spiro atoms. The van der Waals surface area contributed by atoms with Crippen LogP contribution in [0.25, 0.3) is 10.9 Å². The van der Waals surface area contributed by atoms with Gasteiger partial charge in [0.05, 0.1) is 5.02 Å². The number of benzene rings is 1. The number of nitrogens with two attached hydrogens (primary N) is 1. The molecule has 0 radical (unpaired) electrons. The smallest absolute Gasteiger partial charge is 0.219 e. The van der Waals surface area contributed by atoms with Crippen molar-refractivity contribution in [2.24, 2.45) is 5.73 Å². The molecule has 0 atom stereocenters. The van der Waals surface area contributed by atoms with E-state index in [0.717, 1.165) is 10.9 Å². The number of nitrogens with zero attached hydrogens (tertiary/aromatic N) is 2. The third-order valence-corrected chi connectivity index (χ3v) is 3.26. The molecule has 100 valence electrons. The van der Waals surface area contributed by atoms with Crippen LogP contribution in [0, 0.1) is 0 Å². The van der Waals surface area contributed by atoms with E-state index in [9.17, 15) is 0 Å². The molecular weight excluding hydrogens is 274 g/mol. The molecule has 2 aromatic heterocycles. The summed E-state index contributed by atoms with van der Waals surface area (Å²) < 4.78 is 5.77. The largest absolute Gasteiger partial charge is 0.437 e. The second kappa shape index (κ2) is 5.45. The Balaban J connectivity index is 2.00. The molecule has 3 aromatic rings. The second-order valence-electron chi connectivity index (χ2n) is 4.26. The van der Waals surface area contributed by atoms with E-state index >= 15 is 0 Å². The number of pyridine rings is 2. The van der Waals surface area contributed by atoms with Crippen molar-refractivity contribution in [2.45, 2.75) is 6.54 Å². The zero-order valence-electron chi connectivity index (χ0n) is 10.6. The van der Waals surface area contributed by atoms with Gasteiger partial charge in [-0.15, -0.1) is 0 Å². The first kappa shape index (κ1) is 12.8. The SMILES string of the molecule is NCc1ccc(Oc2ccc(Cl)c3cccnc23)nc1. The minimum Gasteiger partial charge on any atom is -0.437 e. The maximum atomic E-state index is 6.15. The summed E-state index contributed by atoms with van der Waals surface area (Å²) >= 11 is 6.15. The second-order valence-corrected chi connectivity index (χ2v) is 4.66. The van der Waals surface area contributed by atoms with Gasteiger partial charge in [0.25, 0.3) is 0 Å². The van der Waals surface area contributed by atoms with E-state index in [1.807, 2.05) is 18.2 Å². The highest BCUT2D eigenvalue weighted by atomic mass is 35.5. The van der Waals surface area contributed by atoms with Crippen LogP contribution in [0.5, 0.6) is 11.6 Å². The van der Waals surface area contributed by atoms with Crippen LogP contribution in [-0.2, 0) is 6.54 Å². The van der Waals surface area contributed by atoms with Crippen molar-refractivity contribution in [3.63, 3.8) is 0 Å². The van der Waals surface area contributed by atoms with E-state index in [4.69, 9.17) is 22.1 Å². The number of rotatable bonds is 3. The fraction of sp³-hybridized carbons (Fsp3) is 0.0667. The van der Waals surface area contributed by atoms with Gasteiger partial charge in [-0.1, -0.05) is 17.7 Å². The molecule has 5 heteroatoms. The van der Waals surface area contributed by atoms with Crippen LogP contribution >= 0.6 is 11.6 Å². The van der Waals surface area contributed by atoms with Crippen LogP contribution in [-0.4, -0.2) is 9.97 Å². The standard InChI is InChI=1S/C15H12ClN3O/c16-12-4-5-13(15-11(12)2-1-7-18-15)20-14-6-3-10(8-17)9-19-14/h1-7,9H,8,17H2. The molecule has 0 aliphatic heterocycles. The van der Waals surface area contributed by atoms with Crippen molar-refractivity contribution >= 4 is 22.5 Å². The minimum absolute atomic E-state index is 0.457. The minimum atomic E-state index is 0.457. The Kier molecular flexibility index (Phi) is 3.50. The number of ether oxygens (including phenoxy) is 1. The van der Waals surface area contributed by atoms with Crippen LogP contribution in [0.1, 0.15) is 5.56 Å². The van der Waals surface area contributed by atoms with Gasteiger partial charge in [0, 0.05) is 30.4 Å². The van der Waals surface area contributed by atoms with E-state index in [-0.39, 0.29) is 0 Å². The summed E-state index contributed by atoms with van der Waals surface area (Å²) in [6.45, 7) is 0.457. The molecule has 20 heavy (non-hydrogen) atoms. The van der Waals surface area contributed by atoms with E-state index < -0.39 is 0 Å². The van der Waals surface area contributed by atoms with Gasteiger partial charge in [-0.2, -0.15) is 0 Å². The molecule has 2 heterocycles. The van der Waals surface area contributed by atoms with Gasteiger partial charge in [0.1, 0.15) is 5.52 Å². The number of halogens is 1. The van der Waals surface area contributed by atoms with Gasteiger partial charge in [-0.25, -0.2) is 4.98 Å². The van der Waals surface area contributed by atoms with Gasteiger partial charge in [0.2, 0.25) is 5.88 Å². The first-order valence-corrected chi connectivity index (χ1v) is 6.52. The average molecular weight is 286 g/mol. The molecular formula is C15H12ClN3O. The van der Waals surface area contributed by atoms with E-state index in [1.54, 1.807) is 30.6 Å². The lowest BCUT2D eigenvalue weighted by Gasteiger charge is -2.08. The fourth-order valence-electron chi connectivity index (χ4n) is 1.90. The Morgan fingerprint density at radius 3 is 2.75 bits per heavy atom. The topological polar surface area (TPSA) is 61.0 Å². The molecule has 1 aromatic carbocycles. The summed E-state index contributed by atoms with van der Waals surface area (Å²) in [5.74, 6) is 1.12. The molecule has 0 unspecified atom stereocenters. The summed E-state index contributed by atoms with van der Waals surface area (Å²) in [5.41, 5.74) is 7.21. The summed E-state index contributed by atoms with van der Waals surface area (Å²) in [7, 11) is 0. The van der Waals surface area contributed by atoms with Crippen LogP contribution in [0.4, 0.5) is 0 Å². The third kappa shape index (κ3) is 2.43. The molecule has 0 fully saturated rings. The number of aromatic nitrogens is 2. The lowest BCUT2D eigenvalue weighted by molar-refractivity contribution is 0.467. The van der Waals surface area contributed by atoms with Crippen LogP contribution in [0.15, 0.2) is 48.8 Å². The number of fused-ring (bicyclic) bond motifs is 1. The Morgan fingerprint density at radius 1 is 1.10 bits per heavy atom. The van der Waals surface area contributed by atoms with Crippen molar-refractivity contribution in [1.29, 1.82) is 0 Å². The van der Waals surface area contributed by atoms with Crippen LogP contribution in [0.3, 0.4) is 0 Å². The van der Waals surface area contributed by atoms with Crippen molar-refractivity contribution in [2.75, 3.05) is 0 Å². The van der Waals surface area contributed by atoms with E-state index in [1.165, 1.54) is 0 Å². The number of hydrogen-bond acceptors (Lipinski definition) is 4. The molecule has 0 saturated heterocycles. The zero-order valence-corrected chi connectivity index (χ0v) is 11.3. The molecule has 4 nitrogen and oxygen atoms in total. The molecule has 3 rings (SSSR count). The highest BCUT2D eigenvalue weighted by molar-refractivity contribution is 6.35. The quantitative estimate of drug-likeness (QED) is 0.799. The van der Waals surface area contributed by atoms with Crippen LogP contribution in [0.2, 0.25) is 5.02 Å². The average Bonchev–Trinajstić information content (AvgIpc) is 2.51.